The van der Waals surface area contributed by atoms with E-state index in [4.69, 9.17) is 25.7 Å². The lowest BCUT2D eigenvalue weighted by Gasteiger charge is -2.40. The predicted octanol–water partition coefficient (Wildman–Crippen LogP) is 8.33. The van der Waals surface area contributed by atoms with Crippen molar-refractivity contribution in [3.05, 3.63) is 65.0 Å². The molecule has 8 nitrogen and oxygen atoms in total. The van der Waals surface area contributed by atoms with Gasteiger partial charge in [-0.3, -0.25) is 20.1 Å². The molecule has 1 atom stereocenters. The second kappa shape index (κ2) is 11.8. The molecule has 0 aromatic carbocycles. The standard InChI is InChI=1S/C31H36ClN5O3SSi/c1-18-12-21(22-13-28(32)35-17-26(22)39-5)23(15-33-18)29(38)37-30-36-25-16-34-24(14-27(25)41-30)19-8-10-20(11-9-19)40-42(6,7)31(2,3)4/h8,12-17,20H,9-11H2,1-7H3,(H,36,37,38)/t20-/m1/s1. The number of fused-ring (bicyclic) bond motifs is 1. The molecule has 0 bridgehead atoms. The van der Waals surface area contributed by atoms with Gasteiger partial charge in [0.05, 0.1) is 35.5 Å². The van der Waals surface area contributed by atoms with Gasteiger partial charge in [-0.1, -0.05) is 49.8 Å². The van der Waals surface area contributed by atoms with Gasteiger partial charge in [0.1, 0.15) is 16.4 Å². The molecule has 0 fully saturated rings. The first kappa shape index (κ1) is 30.3. The van der Waals surface area contributed by atoms with E-state index in [0.29, 0.717) is 32.7 Å². The largest absolute Gasteiger partial charge is 0.494 e. The lowest BCUT2D eigenvalue weighted by molar-refractivity contribution is 0.102. The molecular weight excluding hydrogens is 586 g/mol. The number of hydrogen-bond donors (Lipinski definition) is 1. The summed E-state index contributed by atoms with van der Waals surface area (Å²) in [6.07, 6.45) is 10.2. The van der Waals surface area contributed by atoms with Crippen LogP contribution in [0.15, 0.2) is 42.9 Å². The Morgan fingerprint density at radius 2 is 1.88 bits per heavy atom. The van der Waals surface area contributed by atoms with Gasteiger partial charge in [0.15, 0.2) is 13.4 Å². The quantitative estimate of drug-likeness (QED) is 0.164. The number of pyridine rings is 3. The van der Waals surface area contributed by atoms with Gasteiger partial charge in [0.2, 0.25) is 0 Å². The number of aromatic nitrogens is 4. The minimum Gasteiger partial charge on any atom is -0.494 e. The van der Waals surface area contributed by atoms with Gasteiger partial charge >= 0.3 is 0 Å². The first-order valence-electron chi connectivity index (χ1n) is 14.0. The zero-order valence-electron chi connectivity index (χ0n) is 25.0. The van der Waals surface area contributed by atoms with E-state index in [1.54, 1.807) is 25.6 Å². The average molecular weight is 622 g/mol. The van der Waals surface area contributed by atoms with Crippen LogP contribution in [-0.4, -0.2) is 47.4 Å². The van der Waals surface area contributed by atoms with E-state index in [1.807, 2.05) is 13.0 Å². The summed E-state index contributed by atoms with van der Waals surface area (Å²) in [6, 6.07) is 5.57. The molecule has 4 aromatic rings. The van der Waals surface area contributed by atoms with Gasteiger partial charge < -0.3 is 9.16 Å². The highest BCUT2D eigenvalue weighted by molar-refractivity contribution is 7.22. The molecule has 0 aliphatic heterocycles. The molecule has 1 N–H and O–H groups in total. The van der Waals surface area contributed by atoms with Crippen LogP contribution in [0.3, 0.4) is 0 Å². The number of carbonyl (C=O) groups is 1. The Bertz CT molecular complexity index is 1680. The maximum atomic E-state index is 13.5. The van der Waals surface area contributed by atoms with Gasteiger partial charge in [-0.15, -0.1) is 0 Å². The van der Waals surface area contributed by atoms with Crippen LogP contribution in [0.2, 0.25) is 23.3 Å². The summed E-state index contributed by atoms with van der Waals surface area (Å²) in [4.78, 5) is 31.3. The van der Waals surface area contributed by atoms with Gasteiger partial charge in [-0.2, -0.15) is 0 Å². The number of carbonyl (C=O) groups excluding carboxylic acids is 1. The molecule has 1 amide bonds. The van der Waals surface area contributed by atoms with E-state index < -0.39 is 8.32 Å². The molecule has 5 rings (SSSR count). The van der Waals surface area contributed by atoms with Crippen molar-refractivity contribution in [3.63, 3.8) is 0 Å². The maximum absolute atomic E-state index is 13.5. The fourth-order valence-electron chi connectivity index (χ4n) is 4.72. The Balaban J connectivity index is 1.35. The summed E-state index contributed by atoms with van der Waals surface area (Å²) in [7, 11) is -0.251. The number of ether oxygens (including phenoxy) is 1. The number of halogens is 1. The molecule has 1 aliphatic rings. The van der Waals surface area contributed by atoms with E-state index in [2.05, 4.69) is 66.3 Å². The molecule has 4 heterocycles. The summed E-state index contributed by atoms with van der Waals surface area (Å²) >= 11 is 7.60. The number of anilines is 1. The lowest BCUT2D eigenvalue weighted by Crippen LogP contribution is -2.44. The minimum absolute atomic E-state index is 0.194. The normalized spacial score (nSPS) is 15.9. The van der Waals surface area contributed by atoms with Gasteiger partial charge in [0.25, 0.3) is 5.91 Å². The van der Waals surface area contributed by atoms with Gasteiger partial charge in [0, 0.05) is 29.1 Å². The van der Waals surface area contributed by atoms with E-state index in [1.165, 1.54) is 23.1 Å². The zero-order chi connectivity index (χ0) is 30.2. The summed E-state index contributed by atoms with van der Waals surface area (Å²) in [6.45, 7) is 13.3. The Hall–Kier alpha value is -3.18. The van der Waals surface area contributed by atoms with Crippen molar-refractivity contribution in [2.75, 3.05) is 12.4 Å². The van der Waals surface area contributed by atoms with Crippen LogP contribution in [0.25, 0.3) is 26.9 Å². The number of amides is 1. The molecule has 0 radical (unpaired) electrons. The predicted molar refractivity (Wildman–Crippen MR) is 173 cm³/mol. The fourth-order valence-corrected chi connectivity index (χ4v) is 7.15. The van der Waals surface area contributed by atoms with Crippen molar-refractivity contribution >= 4 is 58.1 Å². The lowest BCUT2D eigenvalue weighted by atomic mass is 9.95. The summed E-state index contributed by atoms with van der Waals surface area (Å²) < 4.78 is 13.1. The molecular formula is C31H36ClN5O3SSi. The molecule has 220 valence electrons. The second-order valence-corrected chi connectivity index (χ2v) is 18.3. The zero-order valence-corrected chi connectivity index (χ0v) is 27.6. The number of allylic oxidation sites excluding steroid dienone is 1. The van der Waals surface area contributed by atoms with Crippen LogP contribution in [0.5, 0.6) is 5.75 Å². The highest BCUT2D eigenvalue weighted by atomic mass is 35.5. The fraction of sp³-hybridized carbons (Fsp3) is 0.387. The van der Waals surface area contributed by atoms with Gasteiger partial charge in [-0.05, 0) is 68.1 Å². The number of nitrogens with zero attached hydrogens (tertiary/aromatic N) is 4. The number of nitrogens with one attached hydrogen (secondary N) is 1. The van der Waals surface area contributed by atoms with E-state index in [9.17, 15) is 4.79 Å². The Morgan fingerprint density at radius 1 is 1.10 bits per heavy atom. The Kier molecular flexibility index (Phi) is 8.53. The molecule has 0 saturated heterocycles. The van der Waals surface area contributed by atoms with E-state index >= 15 is 0 Å². The minimum atomic E-state index is -1.80. The van der Waals surface area contributed by atoms with Crippen molar-refractivity contribution in [2.45, 2.75) is 71.2 Å². The number of hydrogen-bond acceptors (Lipinski definition) is 8. The van der Waals surface area contributed by atoms with Crippen molar-refractivity contribution in [3.8, 4) is 16.9 Å². The summed E-state index contributed by atoms with van der Waals surface area (Å²) in [5.41, 5.74) is 5.34. The molecule has 42 heavy (non-hydrogen) atoms. The number of aryl methyl sites for hydroxylation is 1. The first-order valence-corrected chi connectivity index (χ1v) is 18.1. The van der Waals surface area contributed by atoms with Crippen molar-refractivity contribution < 1.29 is 14.0 Å². The molecule has 0 spiro atoms. The topological polar surface area (TPSA) is 99.1 Å². The molecule has 11 heteroatoms. The monoisotopic (exact) mass is 621 g/mol. The van der Waals surface area contributed by atoms with Crippen LogP contribution < -0.4 is 10.1 Å². The third-order valence-corrected chi connectivity index (χ3v) is 13.8. The SMILES string of the molecule is COc1cnc(Cl)cc1-c1cc(C)ncc1C(=O)Nc1nc2cnc(C3=CC[C@@H](O[Si](C)(C)C(C)(C)C)CC3)cc2s1. The smallest absolute Gasteiger partial charge is 0.259 e. The third-order valence-electron chi connectivity index (χ3n) is 8.08. The number of rotatable bonds is 7. The van der Waals surface area contributed by atoms with Crippen LogP contribution in [0, 0.1) is 6.92 Å². The summed E-state index contributed by atoms with van der Waals surface area (Å²) in [5.74, 6) is 0.176. The van der Waals surface area contributed by atoms with Crippen LogP contribution in [-0.2, 0) is 4.43 Å². The van der Waals surface area contributed by atoms with Crippen LogP contribution in [0.4, 0.5) is 5.13 Å². The highest BCUT2D eigenvalue weighted by Gasteiger charge is 2.39. The van der Waals surface area contributed by atoms with Crippen molar-refractivity contribution in [1.29, 1.82) is 0 Å². The van der Waals surface area contributed by atoms with Crippen LogP contribution in [0.1, 0.15) is 61.8 Å². The van der Waals surface area contributed by atoms with E-state index in [-0.39, 0.29) is 17.0 Å². The number of methoxy groups -OCH3 is 1. The van der Waals surface area contributed by atoms with Gasteiger partial charge in [-0.25, -0.2) is 9.97 Å². The van der Waals surface area contributed by atoms with E-state index in [0.717, 1.165) is 40.9 Å². The average Bonchev–Trinajstić information content (AvgIpc) is 3.34. The second-order valence-electron chi connectivity index (χ2n) is 12.1. The molecule has 0 saturated carbocycles. The molecule has 1 aliphatic carbocycles. The Labute approximate surface area is 256 Å². The van der Waals surface area contributed by atoms with Crippen LogP contribution >= 0.6 is 22.9 Å². The van der Waals surface area contributed by atoms with Crippen molar-refractivity contribution in [1.82, 2.24) is 19.9 Å². The van der Waals surface area contributed by atoms with Crippen molar-refractivity contribution in [2.24, 2.45) is 0 Å². The molecule has 0 unspecified atom stereocenters. The first-order chi connectivity index (χ1) is 19.8. The number of thiazole rings is 1. The highest BCUT2D eigenvalue weighted by Crippen LogP contribution is 2.40. The Morgan fingerprint density at radius 3 is 2.57 bits per heavy atom. The third kappa shape index (κ3) is 6.41. The maximum Gasteiger partial charge on any atom is 0.259 e. The summed E-state index contributed by atoms with van der Waals surface area (Å²) in [5, 5.41) is 3.93. The molecule has 4 aromatic heterocycles.